The number of sulfonamides is 1. The van der Waals surface area contributed by atoms with E-state index in [-0.39, 0.29) is 17.2 Å². The Labute approximate surface area is 188 Å². The number of rotatable bonds is 8. The van der Waals surface area contributed by atoms with E-state index in [0.717, 1.165) is 17.0 Å². The fourth-order valence-electron chi connectivity index (χ4n) is 2.93. The van der Waals surface area contributed by atoms with E-state index in [1.54, 1.807) is 12.1 Å². The van der Waals surface area contributed by atoms with Crippen molar-refractivity contribution < 1.29 is 22.7 Å². The molecule has 0 amide bonds. The van der Waals surface area contributed by atoms with Crippen molar-refractivity contribution in [2.45, 2.75) is 17.2 Å². The number of hydrogen-bond donors (Lipinski definition) is 1. The zero-order chi connectivity index (χ0) is 21.7. The molecule has 3 heterocycles. The average molecular weight is 480 g/mol. The molecule has 0 unspecified atom stereocenters. The molecule has 0 saturated carbocycles. The molecule has 0 atom stereocenters. The fourth-order valence-corrected chi connectivity index (χ4v) is 6.55. The molecule has 4 rings (SSSR count). The number of ether oxygens (including phenoxy) is 2. The molecule has 164 valence electrons. The van der Waals surface area contributed by atoms with Gasteiger partial charge in [-0.05, 0) is 24.3 Å². The van der Waals surface area contributed by atoms with Crippen LogP contribution in [-0.2, 0) is 37.3 Å². The molecule has 1 aliphatic rings. The number of hydrogen-bond acceptors (Lipinski definition) is 9. The second kappa shape index (κ2) is 9.88. The van der Waals surface area contributed by atoms with Crippen LogP contribution in [0.3, 0.4) is 0 Å². The van der Waals surface area contributed by atoms with E-state index in [1.807, 2.05) is 35.7 Å². The van der Waals surface area contributed by atoms with Gasteiger partial charge in [0, 0.05) is 29.0 Å². The summed E-state index contributed by atoms with van der Waals surface area (Å²) in [5.74, 6) is -0.428. The van der Waals surface area contributed by atoms with Gasteiger partial charge in [-0.2, -0.15) is 4.31 Å². The highest BCUT2D eigenvalue weighted by molar-refractivity contribution is 7.91. The van der Waals surface area contributed by atoms with Crippen LogP contribution in [-0.4, -0.2) is 50.0 Å². The number of anilines is 2. The van der Waals surface area contributed by atoms with Gasteiger partial charge in [0.05, 0.1) is 25.3 Å². The summed E-state index contributed by atoms with van der Waals surface area (Å²) in [4.78, 5) is 17.3. The minimum atomic E-state index is -3.55. The molecular formula is C20H21N3O5S3. The van der Waals surface area contributed by atoms with Gasteiger partial charge in [0.2, 0.25) is 0 Å². The monoisotopic (exact) mass is 479 g/mol. The normalized spacial score (nSPS) is 15.0. The Morgan fingerprint density at radius 2 is 1.94 bits per heavy atom. The van der Waals surface area contributed by atoms with Gasteiger partial charge in [0.1, 0.15) is 10.8 Å². The highest BCUT2D eigenvalue weighted by atomic mass is 32.2. The molecule has 0 spiro atoms. The van der Waals surface area contributed by atoms with Crippen LogP contribution >= 0.6 is 22.7 Å². The van der Waals surface area contributed by atoms with Crippen LogP contribution in [0.2, 0.25) is 0 Å². The van der Waals surface area contributed by atoms with Crippen molar-refractivity contribution >= 4 is 49.5 Å². The second-order valence-electron chi connectivity index (χ2n) is 6.71. The van der Waals surface area contributed by atoms with Crippen LogP contribution in [0, 0.1) is 0 Å². The van der Waals surface area contributed by atoms with Crippen LogP contribution < -0.4 is 5.32 Å². The number of esters is 1. The lowest BCUT2D eigenvalue weighted by molar-refractivity contribution is -0.144. The van der Waals surface area contributed by atoms with E-state index in [9.17, 15) is 13.2 Å². The van der Waals surface area contributed by atoms with Gasteiger partial charge in [0.15, 0.2) is 5.13 Å². The molecule has 1 N–H and O–H groups in total. The topological polar surface area (TPSA) is 97.8 Å². The van der Waals surface area contributed by atoms with Crippen LogP contribution in [0.25, 0.3) is 0 Å². The number of thiophene rings is 1. The first-order chi connectivity index (χ1) is 15.0. The van der Waals surface area contributed by atoms with Gasteiger partial charge in [0.25, 0.3) is 10.0 Å². The number of morpholine rings is 1. The van der Waals surface area contributed by atoms with Gasteiger partial charge in [-0.15, -0.1) is 22.7 Å². The van der Waals surface area contributed by atoms with Crippen LogP contribution in [0.15, 0.2) is 52.1 Å². The third-order valence-electron chi connectivity index (χ3n) is 4.48. The number of nitrogens with one attached hydrogen (secondary N) is 1. The molecule has 3 aromatic rings. The molecule has 1 fully saturated rings. The van der Waals surface area contributed by atoms with Crippen LogP contribution in [0.1, 0.15) is 10.6 Å². The highest BCUT2D eigenvalue weighted by Gasteiger charge is 2.28. The summed E-state index contributed by atoms with van der Waals surface area (Å²) in [6.45, 7) is 1.53. The average Bonchev–Trinajstić information content (AvgIpc) is 3.44. The molecule has 0 bridgehead atoms. The van der Waals surface area contributed by atoms with Crippen molar-refractivity contribution in [1.82, 2.24) is 9.29 Å². The molecule has 1 saturated heterocycles. The maximum atomic E-state index is 12.7. The van der Waals surface area contributed by atoms with Crippen molar-refractivity contribution in [2.24, 2.45) is 0 Å². The van der Waals surface area contributed by atoms with E-state index >= 15 is 0 Å². The largest absolute Gasteiger partial charge is 0.459 e. The van der Waals surface area contributed by atoms with Gasteiger partial charge in [-0.1, -0.05) is 18.2 Å². The van der Waals surface area contributed by atoms with E-state index in [4.69, 9.17) is 9.47 Å². The Hall–Kier alpha value is -2.31. The number of nitrogens with zero attached hydrogens (tertiary/aromatic N) is 2. The molecule has 8 nitrogen and oxygen atoms in total. The van der Waals surface area contributed by atoms with Gasteiger partial charge in [-0.3, -0.25) is 4.79 Å². The highest BCUT2D eigenvalue weighted by Crippen LogP contribution is 2.26. The summed E-state index contributed by atoms with van der Waals surface area (Å²) in [6.07, 6.45) is 0.0164. The lowest BCUT2D eigenvalue weighted by atomic mass is 10.3. The number of aromatic nitrogens is 1. The number of carbonyl (C=O) groups excluding carboxylic acids is 1. The van der Waals surface area contributed by atoms with Gasteiger partial charge in [-0.25, -0.2) is 13.4 Å². The predicted molar refractivity (Wildman–Crippen MR) is 119 cm³/mol. The van der Waals surface area contributed by atoms with E-state index in [0.29, 0.717) is 42.0 Å². The number of para-hydroxylation sites is 1. The number of benzene rings is 1. The molecule has 11 heteroatoms. The summed E-state index contributed by atoms with van der Waals surface area (Å²) < 4.78 is 37.5. The number of carbonyl (C=O) groups is 1. The van der Waals surface area contributed by atoms with Crippen molar-refractivity contribution in [2.75, 3.05) is 31.6 Å². The zero-order valence-electron chi connectivity index (χ0n) is 16.5. The van der Waals surface area contributed by atoms with Crippen LogP contribution in [0.4, 0.5) is 10.8 Å². The third-order valence-corrected chi connectivity index (χ3v) is 8.74. The summed E-state index contributed by atoms with van der Waals surface area (Å²) in [6, 6.07) is 12.9. The van der Waals surface area contributed by atoms with Crippen molar-refractivity contribution in [3.05, 3.63) is 58.4 Å². The lowest BCUT2D eigenvalue weighted by Crippen LogP contribution is -2.40. The Morgan fingerprint density at radius 3 is 2.71 bits per heavy atom. The predicted octanol–water partition coefficient (Wildman–Crippen LogP) is 3.26. The molecule has 0 aliphatic carbocycles. The summed E-state index contributed by atoms with van der Waals surface area (Å²) in [7, 11) is -3.55. The van der Waals surface area contributed by atoms with Gasteiger partial charge >= 0.3 is 5.97 Å². The SMILES string of the molecule is O=C(Cc1ccc(S(=O)(=O)N2CCOCC2)s1)OCc1csc(Nc2ccccc2)n1. The molecule has 1 aromatic carbocycles. The van der Waals surface area contributed by atoms with Crippen LogP contribution in [0.5, 0.6) is 0 Å². The lowest BCUT2D eigenvalue weighted by Gasteiger charge is -2.25. The Kier molecular flexibility index (Phi) is 6.98. The minimum Gasteiger partial charge on any atom is -0.459 e. The fraction of sp³-hybridized carbons (Fsp3) is 0.300. The molecule has 2 aromatic heterocycles. The zero-order valence-corrected chi connectivity index (χ0v) is 19.0. The Balaban J connectivity index is 1.29. The Bertz CT molecular complexity index is 1120. The van der Waals surface area contributed by atoms with Crippen molar-refractivity contribution in [3.63, 3.8) is 0 Å². The second-order valence-corrected chi connectivity index (χ2v) is 10.9. The maximum absolute atomic E-state index is 12.7. The molecule has 31 heavy (non-hydrogen) atoms. The third kappa shape index (κ3) is 5.69. The summed E-state index contributed by atoms with van der Waals surface area (Å²) in [5.41, 5.74) is 1.58. The van der Waals surface area contributed by atoms with E-state index in [2.05, 4.69) is 10.3 Å². The van der Waals surface area contributed by atoms with Crippen molar-refractivity contribution in [1.29, 1.82) is 0 Å². The molecular weight excluding hydrogens is 458 g/mol. The minimum absolute atomic E-state index is 0.0164. The molecule has 1 aliphatic heterocycles. The first-order valence-corrected chi connectivity index (χ1v) is 12.7. The Morgan fingerprint density at radius 1 is 1.16 bits per heavy atom. The van der Waals surface area contributed by atoms with Crippen molar-refractivity contribution in [3.8, 4) is 0 Å². The van der Waals surface area contributed by atoms with E-state index < -0.39 is 16.0 Å². The maximum Gasteiger partial charge on any atom is 0.311 e. The molecule has 0 radical (unpaired) electrons. The number of thiazole rings is 1. The van der Waals surface area contributed by atoms with E-state index in [1.165, 1.54) is 15.6 Å². The summed E-state index contributed by atoms with van der Waals surface area (Å²) in [5, 5.41) is 5.74. The first kappa shape index (κ1) is 21.9. The quantitative estimate of drug-likeness (QED) is 0.495. The summed E-state index contributed by atoms with van der Waals surface area (Å²) >= 11 is 2.52. The first-order valence-electron chi connectivity index (χ1n) is 9.59. The standard InChI is InChI=1S/C20H21N3O5S3/c24-18(28-13-16-14-29-20(22-16)21-15-4-2-1-3-5-15)12-17-6-7-19(30-17)31(25,26)23-8-10-27-11-9-23/h1-7,14H,8-13H2,(H,21,22). The van der Waals surface area contributed by atoms with Gasteiger partial charge < -0.3 is 14.8 Å². The smallest absolute Gasteiger partial charge is 0.311 e.